The van der Waals surface area contributed by atoms with Crippen molar-refractivity contribution < 1.29 is 9.52 Å². The quantitative estimate of drug-likeness (QED) is 0.688. The molecular weight excluding hydrogens is 338 g/mol. The molecular formula is C23H23NO3. The predicted molar refractivity (Wildman–Crippen MR) is 105 cm³/mol. The van der Waals surface area contributed by atoms with Crippen molar-refractivity contribution in [2.75, 3.05) is 0 Å². The van der Waals surface area contributed by atoms with Crippen LogP contribution in [0.25, 0.3) is 11.0 Å². The van der Waals surface area contributed by atoms with Gasteiger partial charge in [-0.15, -0.1) is 0 Å². The van der Waals surface area contributed by atoms with Gasteiger partial charge in [0.2, 0.25) is 0 Å². The zero-order valence-electron chi connectivity index (χ0n) is 15.3. The fraction of sp³-hybridized carbons (Fsp3) is 0.348. The highest BCUT2D eigenvalue weighted by Crippen LogP contribution is 2.34. The van der Waals surface area contributed by atoms with Gasteiger partial charge in [-0.3, -0.25) is 0 Å². The van der Waals surface area contributed by atoms with Crippen molar-refractivity contribution in [3.63, 3.8) is 0 Å². The standard InChI is InChI=1S/C23H23NO3/c25-21-12-11-17-16-8-4-9-18(16)23(26)27-22(17)19(21)13-24-20-10-3-6-14-5-1-2-7-15(14)20/h1-2,5,7,11-12,20,24-25H,3-4,6,8-10,13H2/t20-/m1/s1. The van der Waals surface area contributed by atoms with E-state index in [2.05, 4.69) is 29.6 Å². The summed E-state index contributed by atoms with van der Waals surface area (Å²) in [5.41, 5.74) is 5.63. The van der Waals surface area contributed by atoms with E-state index in [9.17, 15) is 9.90 Å². The molecule has 0 saturated carbocycles. The lowest BCUT2D eigenvalue weighted by Crippen LogP contribution is -2.25. The van der Waals surface area contributed by atoms with E-state index in [4.69, 9.17) is 4.42 Å². The Hall–Kier alpha value is -2.59. The number of hydrogen-bond acceptors (Lipinski definition) is 4. The minimum atomic E-state index is -0.245. The highest BCUT2D eigenvalue weighted by Gasteiger charge is 2.24. The highest BCUT2D eigenvalue weighted by atomic mass is 16.4. The summed E-state index contributed by atoms with van der Waals surface area (Å²) in [6.45, 7) is 0.476. The fourth-order valence-corrected chi connectivity index (χ4v) is 4.75. The van der Waals surface area contributed by atoms with Crippen LogP contribution in [0.1, 0.15) is 53.1 Å². The van der Waals surface area contributed by atoms with Crippen LogP contribution in [-0.2, 0) is 25.8 Å². The molecule has 0 aliphatic heterocycles. The van der Waals surface area contributed by atoms with Gasteiger partial charge < -0.3 is 14.8 Å². The third-order valence-corrected chi connectivity index (χ3v) is 6.11. The van der Waals surface area contributed by atoms with E-state index in [1.54, 1.807) is 6.07 Å². The van der Waals surface area contributed by atoms with Crippen molar-refractivity contribution in [2.45, 2.75) is 51.1 Å². The molecule has 0 saturated heterocycles. The number of rotatable bonds is 3. The van der Waals surface area contributed by atoms with Gasteiger partial charge in [0.1, 0.15) is 11.3 Å². The summed E-state index contributed by atoms with van der Waals surface area (Å²) in [4.78, 5) is 12.4. The second-order valence-corrected chi connectivity index (χ2v) is 7.66. The number of phenolic OH excluding ortho intramolecular Hbond substituents is 1. The Bertz CT molecular complexity index is 1080. The van der Waals surface area contributed by atoms with Gasteiger partial charge in [0.05, 0.1) is 5.56 Å². The molecule has 0 amide bonds. The van der Waals surface area contributed by atoms with Crippen LogP contribution in [0.15, 0.2) is 45.6 Å². The smallest absolute Gasteiger partial charge is 0.339 e. The van der Waals surface area contributed by atoms with Gasteiger partial charge >= 0.3 is 5.63 Å². The number of aryl methyl sites for hydroxylation is 2. The molecule has 0 bridgehead atoms. The van der Waals surface area contributed by atoms with Gasteiger partial charge in [0, 0.05) is 23.5 Å². The Balaban J connectivity index is 1.52. The first-order chi connectivity index (χ1) is 13.2. The second kappa shape index (κ2) is 6.54. The summed E-state index contributed by atoms with van der Waals surface area (Å²) in [5, 5.41) is 15.0. The van der Waals surface area contributed by atoms with Crippen molar-refractivity contribution in [3.05, 3.63) is 74.6 Å². The number of benzene rings is 2. The maximum absolute atomic E-state index is 12.4. The van der Waals surface area contributed by atoms with Crippen LogP contribution in [0.3, 0.4) is 0 Å². The first kappa shape index (κ1) is 16.6. The molecule has 4 nitrogen and oxygen atoms in total. The monoisotopic (exact) mass is 361 g/mol. The minimum absolute atomic E-state index is 0.181. The molecule has 0 spiro atoms. The van der Waals surface area contributed by atoms with Crippen molar-refractivity contribution in [3.8, 4) is 5.75 Å². The number of hydrogen-bond donors (Lipinski definition) is 2. The molecule has 0 radical (unpaired) electrons. The van der Waals surface area contributed by atoms with Crippen LogP contribution < -0.4 is 10.9 Å². The van der Waals surface area contributed by atoms with E-state index in [-0.39, 0.29) is 17.4 Å². The van der Waals surface area contributed by atoms with Crippen molar-refractivity contribution in [1.82, 2.24) is 5.32 Å². The number of nitrogens with one attached hydrogen (secondary N) is 1. The largest absolute Gasteiger partial charge is 0.507 e. The summed E-state index contributed by atoms with van der Waals surface area (Å²) in [7, 11) is 0. The first-order valence-electron chi connectivity index (χ1n) is 9.83. The topological polar surface area (TPSA) is 62.5 Å². The van der Waals surface area contributed by atoms with E-state index in [1.807, 2.05) is 6.07 Å². The molecule has 5 rings (SSSR count). The van der Waals surface area contributed by atoms with Crippen LogP contribution in [0.2, 0.25) is 0 Å². The van der Waals surface area contributed by atoms with E-state index < -0.39 is 0 Å². The minimum Gasteiger partial charge on any atom is -0.507 e. The van der Waals surface area contributed by atoms with Crippen LogP contribution >= 0.6 is 0 Å². The van der Waals surface area contributed by atoms with Gasteiger partial charge in [-0.05, 0) is 67.3 Å². The van der Waals surface area contributed by atoms with Gasteiger partial charge in [-0.2, -0.15) is 0 Å². The van der Waals surface area contributed by atoms with Gasteiger partial charge in [-0.1, -0.05) is 24.3 Å². The van der Waals surface area contributed by atoms with Crippen LogP contribution in [0, 0.1) is 0 Å². The fourth-order valence-electron chi connectivity index (χ4n) is 4.75. The lowest BCUT2D eigenvalue weighted by atomic mass is 9.87. The van der Waals surface area contributed by atoms with E-state index in [0.717, 1.165) is 55.0 Å². The third kappa shape index (κ3) is 2.76. The molecule has 0 fully saturated rings. The molecule has 1 aromatic heterocycles. The second-order valence-electron chi connectivity index (χ2n) is 7.66. The molecule has 0 unspecified atom stereocenters. The van der Waals surface area contributed by atoms with Gasteiger partial charge in [0.25, 0.3) is 0 Å². The van der Waals surface area contributed by atoms with Crippen LogP contribution in [0.5, 0.6) is 5.75 Å². The summed E-state index contributed by atoms with van der Waals surface area (Å²) >= 11 is 0. The molecule has 2 aromatic carbocycles. The summed E-state index contributed by atoms with van der Waals surface area (Å²) in [6, 6.07) is 12.4. The first-order valence-corrected chi connectivity index (χ1v) is 9.83. The molecule has 3 aromatic rings. The SMILES string of the molecule is O=c1oc2c(CN[C@@H]3CCCc4ccccc43)c(O)ccc2c2c1CCC2. The number of aromatic hydroxyl groups is 1. The zero-order chi connectivity index (χ0) is 18.4. The number of phenols is 1. The zero-order valence-corrected chi connectivity index (χ0v) is 15.3. The maximum atomic E-state index is 12.4. The Morgan fingerprint density at radius 1 is 1.04 bits per heavy atom. The predicted octanol–water partition coefficient (Wildman–Crippen LogP) is 4.15. The Kier molecular flexibility index (Phi) is 4.01. The van der Waals surface area contributed by atoms with Crippen LogP contribution in [0.4, 0.5) is 0 Å². The molecule has 2 aliphatic carbocycles. The maximum Gasteiger partial charge on any atom is 0.339 e. The Labute approximate surface area is 157 Å². The van der Waals surface area contributed by atoms with Gasteiger partial charge in [-0.25, -0.2) is 4.79 Å². The van der Waals surface area contributed by atoms with Crippen molar-refractivity contribution in [2.24, 2.45) is 0 Å². The average Bonchev–Trinajstić information content (AvgIpc) is 3.18. The molecule has 1 heterocycles. The van der Waals surface area contributed by atoms with Crippen molar-refractivity contribution >= 4 is 11.0 Å². The van der Waals surface area contributed by atoms with Crippen molar-refractivity contribution in [1.29, 1.82) is 0 Å². The lowest BCUT2D eigenvalue weighted by Gasteiger charge is -2.26. The molecule has 1 atom stereocenters. The summed E-state index contributed by atoms with van der Waals surface area (Å²) in [6.07, 6.45) is 6.04. The summed E-state index contributed by atoms with van der Waals surface area (Å²) < 4.78 is 5.67. The Morgan fingerprint density at radius 2 is 1.89 bits per heavy atom. The Morgan fingerprint density at radius 3 is 2.81 bits per heavy atom. The molecule has 27 heavy (non-hydrogen) atoms. The van der Waals surface area contributed by atoms with E-state index in [0.29, 0.717) is 17.7 Å². The molecule has 2 aliphatic rings. The molecule has 4 heteroatoms. The van der Waals surface area contributed by atoms with Gasteiger partial charge in [0.15, 0.2) is 0 Å². The summed E-state index contributed by atoms with van der Waals surface area (Å²) in [5.74, 6) is 0.181. The highest BCUT2D eigenvalue weighted by molar-refractivity contribution is 5.86. The van der Waals surface area contributed by atoms with E-state index in [1.165, 1.54) is 11.1 Å². The van der Waals surface area contributed by atoms with E-state index >= 15 is 0 Å². The third-order valence-electron chi connectivity index (χ3n) is 6.11. The normalized spacial score (nSPS) is 18.4. The molecule has 2 N–H and O–H groups in total. The molecule has 138 valence electrons. The van der Waals surface area contributed by atoms with Crippen LogP contribution in [-0.4, -0.2) is 5.11 Å². The average molecular weight is 361 g/mol. The lowest BCUT2D eigenvalue weighted by molar-refractivity contribution is 0.434. The number of fused-ring (bicyclic) bond motifs is 4.